The van der Waals surface area contributed by atoms with Crippen molar-refractivity contribution in [2.45, 2.75) is 38.3 Å². The second-order valence-electron chi connectivity index (χ2n) is 8.31. The largest absolute Gasteiger partial charge is 0.391 e. The molecule has 2 saturated heterocycles. The van der Waals surface area contributed by atoms with Crippen LogP contribution in [0.5, 0.6) is 0 Å². The van der Waals surface area contributed by atoms with Crippen LogP contribution in [0.4, 0.5) is 20.7 Å². The van der Waals surface area contributed by atoms with Crippen LogP contribution in [-0.2, 0) is 0 Å². The molecule has 0 bridgehead atoms. The van der Waals surface area contributed by atoms with Crippen molar-refractivity contribution in [1.82, 2.24) is 19.5 Å². The third kappa shape index (κ3) is 3.69. The fourth-order valence-corrected chi connectivity index (χ4v) is 4.49. The Morgan fingerprint density at radius 2 is 2.13 bits per heavy atom. The van der Waals surface area contributed by atoms with Gasteiger partial charge in [-0.2, -0.15) is 5.10 Å². The van der Waals surface area contributed by atoms with Crippen molar-refractivity contribution in [2.75, 3.05) is 29.9 Å². The highest BCUT2D eigenvalue weighted by molar-refractivity contribution is 5.93. The molecule has 1 aromatic carbocycles. The standard InChI is InChI=1S/C22H25FN6O2/c1-14-4-5-16(17(23)11-14)19-3-2-8-28(19)20-7-10-29-21(26-20)18(12-24-29)25-22(31)27-9-6-15(30)13-27/h4-5,7,10-12,15,19,30H,2-3,6,8-9,13H2,1H3,(H,25,31)/t15-,19+/m0/s1. The van der Waals surface area contributed by atoms with Crippen LogP contribution in [0, 0.1) is 12.7 Å². The Hall–Kier alpha value is -3.20. The summed E-state index contributed by atoms with van der Waals surface area (Å²) in [5.41, 5.74) is 2.61. The zero-order chi connectivity index (χ0) is 21.5. The molecule has 2 atom stereocenters. The van der Waals surface area contributed by atoms with E-state index in [9.17, 15) is 14.3 Å². The van der Waals surface area contributed by atoms with Crippen LogP contribution in [0.3, 0.4) is 0 Å². The minimum absolute atomic E-state index is 0.0809. The number of nitrogens with zero attached hydrogens (tertiary/aromatic N) is 5. The van der Waals surface area contributed by atoms with E-state index < -0.39 is 6.10 Å². The SMILES string of the molecule is Cc1ccc([C@H]2CCCN2c2ccn3ncc(NC(=O)N4CC[C@H](O)C4)c3n2)c(F)c1. The Morgan fingerprint density at radius 1 is 1.26 bits per heavy atom. The van der Waals surface area contributed by atoms with Gasteiger partial charge >= 0.3 is 6.03 Å². The molecule has 4 heterocycles. The highest BCUT2D eigenvalue weighted by Crippen LogP contribution is 2.37. The molecule has 0 radical (unpaired) electrons. The van der Waals surface area contributed by atoms with E-state index in [1.54, 1.807) is 27.9 Å². The minimum atomic E-state index is -0.478. The lowest BCUT2D eigenvalue weighted by Crippen LogP contribution is -2.33. The molecule has 2 fully saturated rings. The molecule has 5 rings (SSSR count). The van der Waals surface area contributed by atoms with E-state index in [1.807, 2.05) is 25.1 Å². The monoisotopic (exact) mass is 424 g/mol. The smallest absolute Gasteiger partial charge is 0.322 e. The molecular weight excluding hydrogens is 399 g/mol. The van der Waals surface area contributed by atoms with E-state index in [0.717, 1.165) is 30.8 Å². The molecule has 8 nitrogen and oxygen atoms in total. The Morgan fingerprint density at radius 3 is 2.90 bits per heavy atom. The average molecular weight is 424 g/mol. The second-order valence-corrected chi connectivity index (χ2v) is 8.31. The molecule has 162 valence electrons. The molecule has 0 saturated carbocycles. The number of β-amino-alcohol motifs (C(OH)–C–C–N with tert-alkyl or cyclic N) is 1. The highest BCUT2D eigenvalue weighted by atomic mass is 19.1. The van der Waals surface area contributed by atoms with Crippen LogP contribution in [0.1, 0.15) is 36.4 Å². The number of aromatic nitrogens is 3. The first kappa shape index (κ1) is 19.7. The quantitative estimate of drug-likeness (QED) is 0.675. The Balaban J connectivity index is 1.42. The summed E-state index contributed by atoms with van der Waals surface area (Å²) in [6, 6.07) is 6.88. The van der Waals surface area contributed by atoms with Crippen molar-refractivity contribution >= 4 is 23.2 Å². The van der Waals surface area contributed by atoms with Gasteiger partial charge < -0.3 is 20.2 Å². The number of benzene rings is 1. The van der Waals surface area contributed by atoms with E-state index in [-0.39, 0.29) is 17.9 Å². The number of aryl methyl sites for hydroxylation is 1. The van der Waals surface area contributed by atoms with Gasteiger partial charge in [-0.25, -0.2) is 18.7 Å². The van der Waals surface area contributed by atoms with Crippen molar-refractivity contribution in [3.8, 4) is 0 Å². The number of rotatable bonds is 3. The van der Waals surface area contributed by atoms with Gasteiger partial charge in [-0.05, 0) is 43.9 Å². The third-order valence-corrected chi connectivity index (χ3v) is 6.11. The first-order valence-electron chi connectivity index (χ1n) is 10.6. The van der Waals surface area contributed by atoms with Gasteiger partial charge in [0, 0.05) is 31.4 Å². The number of carbonyl (C=O) groups is 1. The van der Waals surface area contributed by atoms with Gasteiger partial charge in [-0.3, -0.25) is 0 Å². The Labute approximate surface area is 179 Å². The van der Waals surface area contributed by atoms with Gasteiger partial charge in [0.25, 0.3) is 0 Å². The maximum absolute atomic E-state index is 14.6. The summed E-state index contributed by atoms with van der Waals surface area (Å²) in [5.74, 6) is 0.533. The first-order valence-corrected chi connectivity index (χ1v) is 10.6. The van der Waals surface area contributed by atoms with Crippen molar-refractivity contribution in [1.29, 1.82) is 0 Å². The van der Waals surface area contributed by atoms with Gasteiger partial charge in [0.2, 0.25) is 0 Å². The van der Waals surface area contributed by atoms with Crippen LogP contribution >= 0.6 is 0 Å². The minimum Gasteiger partial charge on any atom is -0.391 e. The fourth-order valence-electron chi connectivity index (χ4n) is 4.49. The number of fused-ring (bicyclic) bond motifs is 1. The van der Waals surface area contributed by atoms with Crippen molar-refractivity contribution in [3.05, 3.63) is 53.6 Å². The molecule has 0 aliphatic carbocycles. The molecule has 2 aromatic heterocycles. The lowest BCUT2D eigenvalue weighted by molar-refractivity contribution is 0.176. The van der Waals surface area contributed by atoms with Gasteiger partial charge in [0.15, 0.2) is 5.65 Å². The predicted molar refractivity (Wildman–Crippen MR) is 115 cm³/mol. The molecule has 2 amide bonds. The maximum Gasteiger partial charge on any atom is 0.322 e. The van der Waals surface area contributed by atoms with Gasteiger partial charge in [-0.15, -0.1) is 0 Å². The fraction of sp³-hybridized carbons (Fsp3) is 0.409. The molecule has 0 spiro atoms. The summed E-state index contributed by atoms with van der Waals surface area (Å²) in [6.07, 6.45) is 5.27. The summed E-state index contributed by atoms with van der Waals surface area (Å²) in [6.45, 7) is 3.50. The zero-order valence-corrected chi connectivity index (χ0v) is 17.3. The number of anilines is 2. The lowest BCUT2D eigenvalue weighted by Gasteiger charge is -2.26. The number of carbonyl (C=O) groups excluding carboxylic acids is 1. The number of hydrogen-bond acceptors (Lipinski definition) is 5. The Bertz CT molecular complexity index is 1130. The summed E-state index contributed by atoms with van der Waals surface area (Å²) in [5, 5.41) is 16.8. The normalized spacial score (nSPS) is 21.3. The zero-order valence-electron chi connectivity index (χ0n) is 17.3. The van der Waals surface area contributed by atoms with E-state index in [0.29, 0.717) is 36.4 Å². The van der Waals surface area contributed by atoms with E-state index in [2.05, 4.69) is 15.3 Å². The molecule has 2 aliphatic rings. The third-order valence-electron chi connectivity index (χ3n) is 6.11. The van der Waals surface area contributed by atoms with Crippen LogP contribution in [0.2, 0.25) is 0 Å². The van der Waals surface area contributed by atoms with Crippen molar-refractivity contribution in [3.63, 3.8) is 0 Å². The van der Waals surface area contributed by atoms with Crippen LogP contribution in [0.15, 0.2) is 36.7 Å². The average Bonchev–Trinajstić information content (AvgIpc) is 3.48. The summed E-state index contributed by atoms with van der Waals surface area (Å²) >= 11 is 0. The van der Waals surface area contributed by atoms with Crippen molar-refractivity contribution < 1.29 is 14.3 Å². The topological polar surface area (TPSA) is 86.0 Å². The second kappa shape index (κ2) is 7.81. The van der Waals surface area contributed by atoms with Crippen LogP contribution in [0.25, 0.3) is 5.65 Å². The van der Waals surface area contributed by atoms with Gasteiger partial charge in [-0.1, -0.05) is 12.1 Å². The summed E-state index contributed by atoms with van der Waals surface area (Å²) in [7, 11) is 0. The van der Waals surface area contributed by atoms with Crippen molar-refractivity contribution in [2.24, 2.45) is 0 Å². The number of aliphatic hydroxyl groups excluding tert-OH is 1. The lowest BCUT2D eigenvalue weighted by atomic mass is 10.0. The first-order chi connectivity index (χ1) is 15.0. The molecule has 31 heavy (non-hydrogen) atoms. The molecular formula is C22H25FN6O2. The van der Waals surface area contributed by atoms with Gasteiger partial charge in [0.1, 0.15) is 17.3 Å². The van der Waals surface area contributed by atoms with E-state index in [1.165, 1.54) is 0 Å². The predicted octanol–water partition coefficient (Wildman–Crippen LogP) is 3.12. The molecule has 2 aliphatic heterocycles. The molecule has 2 N–H and O–H groups in total. The summed E-state index contributed by atoms with van der Waals surface area (Å²) in [4.78, 5) is 21.0. The van der Waals surface area contributed by atoms with E-state index in [4.69, 9.17) is 4.98 Å². The number of aliphatic hydroxyl groups is 1. The van der Waals surface area contributed by atoms with Crippen LogP contribution < -0.4 is 10.2 Å². The van der Waals surface area contributed by atoms with E-state index >= 15 is 0 Å². The highest BCUT2D eigenvalue weighted by Gasteiger charge is 2.30. The van der Waals surface area contributed by atoms with Gasteiger partial charge in [0.05, 0.1) is 18.3 Å². The molecule has 3 aromatic rings. The number of nitrogens with one attached hydrogen (secondary N) is 1. The maximum atomic E-state index is 14.6. The summed E-state index contributed by atoms with van der Waals surface area (Å²) < 4.78 is 16.3. The molecule has 0 unspecified atom stereocenters. The molecule has 9 heteroatoms. The Kier molecular flexibility index (Phi) is 4.97. The number of amides is 2. The number of halogens is 1. The van der Waals surface area contributed by atoms with Crippen LogP contribution in [-0.4, -0.2) is 56.4 Å². The number of urea groups is 1. The number of likely N-dealkylation sites (tertiary alicyclic amines) is 1. The number of hydrogen-bond donors (Lipinski definition) is 2.